The monoisotopic (exact) mass is 738 g/mol. The Hall–Kier alpha value is -4.85. The van der Waals surface area contributed by atoms with Gasteiger partial charge in [-0.05, 0) is 108 Å². The van der Waals surface area contributed by atoms with Crippen LogP contribution in [-0.2, 0) is 27.4 Å². The number of amides is 3. The zero-order valence-electron chi connectivity index (χ0n) is 25.7. The fourth-order valence-corrected chi connectivity index (χ4v) is 5.00. The molecule has 240 valence electrons. The molecule has 1 heterocycles. The molecule has 1 aliphatic rings. The number of carbonyl (C=O) groups excluding carboxylic acids is 3. The lowest BCUT2D eigenvalue weighted by molar-refractivity contribution is -0.139. The van der Waals surface area contributed by atoms with Gasteiger partial charge in [-0.3, -0.25) is 4.79 Å². The van der Waals surface area contributed by atoms with E-state index in [9.17, 15) is 14.4 Å². The number of halogens is 1. The average molecular weight is 739 g/mol. The van der Waals surface area contributed by atoms with E-state index in [2.05, 4.69) is 50.3 Å². The number of rotatable bonds is 14. The molecule has 1 atom stereocenters. The fraction of sp³-hybridized carbons (Fsp3) is 0.235. The Bertz CT molecular complexity index is 1650. The number of benzene rings is 3. The van der Waals surface area contributed by atoms with E-state index >= 15 is 0 Å². The Balaban J connectivity index is 1.36. The highest BCUT2D eigenvalue weighted by Crippen LogP contribution is 2.34. The molecule has 0 radical (unpaired) electrons. The minimum atomic E-state index is -0.770. The van der Waals surface area contributed by atoms with Crippen LogP contribution in [0.5, 0.6) is 17.2 Å². The van der Waals surface area contributed by atoms with E-state index in [-0.39, 0.29) is 18.8 Å². The summed E-state index contributed by atoms with van der Waals surface area (Å²) in [7, 11) is 1.45. The van der Waals surface area contributed by atoms with Crippen molar-refractivity contribution in [3.05, 3.63) is 110 Å². The van der Waals surface area contributed by atoms with Crippen LogP contribution >= 0.6 is 22.6 Å². The first kappa shape index (κ1) is 34.0. The molecule has 0 saturated heterocycles. The SMILES string of the molecule is C=CCc1cc(/C=N\NC(=O)COc2ccc([C@H]3NC(=O)NC(C)=C3C(=O)OCC)cc2OC)ccc1OCc1ccc(I)cc1. The predicted molar refractivity (Wildman–Crippen MR) is 182 cm³/mol. The first-order chi connectivity index (χ1) is 22.2. The van der Waals surface area contributed by atoms with Gasteiger partial charge in [0.25, 0.3) is 5.91 Å². The van der Waals surface area contributed by atoms with Crippen molar-refractivity contribution in [2.45, 2.75) is 32.9 Å². The topological polar surface area (TPSA) is 137 Å². The largest absolute Gasteiger partial charge is 0.493 e. The van der Waals surface area contributed by atoms with Gasteiger partial charge >= 0.3 is 12.0 Å². The maximum absolute atomic E-state index is 12.6. The zero-order chi connectivity index (χ0) is 33.1. The molecule has 3 aromatic carbocycles. The molecule has 0 saturated carbocycles. The normalized spacial score (nSPS) is 14.3. The summed E-state index contributed by atoms with van der Waals surface area (Å²) < 4.78 is 23.5. The number of hydrogen-bond donors (Lipinski definition) is 3. The molecule has 3 amide bonds. The van der Waals surface area contributed by atoms with Crippen molar-refractivity contribution >= 4 is 46.7 Å². The molecular weight excluding hydrogens is 703 g/mol. The number of urea groups is 1. The summed E-state index contributed by atoms with van der Waals surface area (Å²) in [4.78, 5) is 37.3. The first-order valence-electron chi connectivity index (χ1n) is 14.4. The lowest BCUT2D eigenvalue weighted by Gasteiger charge is -2.28. The van der Waals surface area contributed by atoms with Gasteiger partial charge in [-0.2, -0.15) is 5.10 Å². The van der Waals surface area contributed by atoms with Crippen molar-refractivity contribution in [3.8, 4) is 17.2 Å². The van der Waals surface area contributed by atoms with Crippen molar-refractivity contribution in [2.75, 3.05) is 20.3 Å². The first-order valence-corrected chi connectivity index (χ1v) is 15.5. The molecule has 0 spiro atoms. The van der Waals surface area contributed by atoms with Gasteiger partial charge in [0.1, 0.15) is 12.4 Å². The Kier molecular flexibility index (Phi) is 12.2. The van der Waals surface area contributed by atoms with Gasteiger partial charge in [0, 0.05) is 9.27 Å². The Morgan fingerprint density at radius 1 is 1.04 bits per heavy atom. The molecule has 1 aliphatic heterocycles. The molecule has 0 bridgehead atoms. The number of nitrogens with zero attached hydrogens (tertiary/aromatic N) is 1. The number of allylic oxidation sites excluding steroid dienone is 2. The third kappa shape index (κ3) is 9.10. The third-order valence-corrected chi connectivity index (χ3v) is 7.52. The van der Waals surface area contributed by atoms with E-state index in [1.165, 1.54) is 13.3 Å². The molecule has 12 heteroatoms. The zero-order valence-corrected chi connectivity index (χ0v) is 27.9. The maximum Gasteiger partial charge on any atom is 0.338 e. The highest BCUT2D eigenvalue weighted by molar-refractivity contribution is 14.1. The molecule has 0 unspecified atom stereocenters. The molecule has 46 heavy (non-hydrogen) atoms. The highest BCUT2D eigenvalue weighted by atomic mass is 127. The van der Waals surface area contributed by atoms with Crippen LogP contribution in [0, 0.1) is 3.57 Å². The standard InChI is InChI=1S/C34H35IN4O7/c1-5-7-24-16-23(10-14-27(24)45-19-22-8-12-26(35)13-9-22)18-36-39-30(40)20-46-28-15-11-25(17-29(28)43-4)32-31(33(41)44-6-2)21(3)37-34(42)38-32/h5,8-18,32H,1,6-7,19-20H2,2-4H3,(H,39,40)(H2,37,38,42)/b36-18-/t32-/m1/s1. The van der Waals surface area contributed by atoms with Crippen molar-refractivity contribution in [2.24, 2.45) is 5.10 Å². The maximum atomic E-state index is 12.6. The summed E-state index contributed by atoms with van der Waals surface area (Å²) in [5.74, 6) is 0.312. The summed E-state index contributed by atoms with van der Waals surface area (Å²) in [5, 5.41) is 9.40. The van der Waals surface area contributed by atoms with E-state index in [1.54, 1.807) is 38.1 Å². The number of carbonyl (C=O) groups is 3. The molecule has 0 fully saturated rings. The van der Waals surface area contributed by atoms with E-state index < -0.39 is 23.9 Å². The van der Waals surface area contributed by atoms with Crippen LogP contribution in [0.25, 0.3) is 0 Å². The summed E-state index contributed by atoms with van der Waals surface area (Å²) in [6, 6.07) is 17.5. The third-order valence-electron chi connectivity index (χ3n) is 6.80. The van der Waals surface area contributed by atoms with Crippen LogP contribution in [0.15, 0.2) is 89.7 Å². The number of esters is 1. The van der Waals surface area contributed by atoms with Crippen LogP contribution < -0.4 is 30.3 Å². The van der Waals surface area contributed by atoms with Gasteiger partial charge in [-0.25, -0.2) is 15.0 Å². The van der Waals surface area contributed by atoms with Crippen LogP contribution in [0.4, 0.5) is 4.79 Å². The number of hydrazone groups is 1. The van der Waals surface area contributed by atoms with Gasteiger partial charge in [-0.15, -0.1) is 6.58 Å². The quantitative estimate of drug-likeness (QED) is 0.0670. The lowest BCUT2D eigenvalue weighted by Crippen LogP contribution is -2.45. The van der Waals surface area contributed by atoms with Gasteiger partial charge in [-0.1, -0.05) is 24.3 Å². The molecule has 3 N–H and O–H groups in total. The summed E-state index contributed by atoms with van der Waals surface area (Å²) in [6.07, 6.45) is 3.94. The molecule has 0 aromatic heterocycles. The Morgan fingerprint density at radius 2 is 1.80 bits per heavy atom. The molecular formula is C34H35IN4O7. The van der Waals surface area contributed by atoms with Crippen molar-refractivity contribution in [3.63, 3.8) is 0 Å². The van der Waals surface area contributed by atoms with Crippen molar-refractivity contribution in [1.82, 2.24) is 16.1 Å². The van der Waals surface area contributed by atoms with Gasteiger partial charge in [0.05, 0.1) is 31.5 Å². The number of nitrogens with one attached hydrogen (secondary N) is 3. The van der Waals surface area contributed by atoms with Crippen LogP contribution in [-0.4, -0.2) is 44.4 Å². The van der Waals surface area contributed by atoms with Gasteiger partial charge in [0.2, 0.25) is 0 Å². The fourth-order valence-electron chi connectivity index (χ4n) is 4.64. The second-order valence-corrected chi connectivity index (χ2v) is 11.3. The molecule has 3 aromatic rings. The minimum absolute atomic E-state index is 0.185. The minimum Gasteiger partial charge on any atom is -0.493 e. The number of ether oxygens (including phenoxy) is 4. The van der Waals surface area contributed by atoms with Crippen LogP contribution in [0.3, 0.4) is 0 Å². The average Bonchev–Trinajstić information content (AvgIpc) is 3.04. The summed E-state index contributed by atoms with van der Waals surface area (Å²) >= 11 is 2.27. The summed E-state index contributed by atoms with van der Waals surface area (Å²) in [6.45, 7) is 7.47. The number of methoxy groups -OCH3 is 1. The Morgan fingerprint density at radius 3 is 2.52 bits per heavy atom. The number of hydrogen-bond acceptors (Lipinski definition) is 8. The molecule has 0 aliphatic carbocycles. The highest BCUT2D eigenvalue weighted by Gasteiger charge is 2.32. The van der Waals surface area contributed by atoms with Crippen LogP contribution in [0.2, 0.25) is 0 Å². The lowest BCUT2D eigenvalue weighted by atomic mass is 9.95. The molecule has 4 rings (SSSR count). The van der Waals surface area contributed by atoms with Gasteiger partial charge in [0.15, 0.2) is 18.1 Å². The summed E-state index contributed by atoms with van der Waals surface area (Å²) in [5.41, 5.74) is 6.48. The molecule has 11 nitrogen and oxygen atoms in total. The predicted octanol–water partition coefficient (Wildman–Crippen LogP) is 5.33. The Labute approximate surface area is 281 Å². The van der Waals surface area contributed by atoms with E-state index in [4.69, 9.17) is 18.9 Å². The van der Waals surface area contributed by atoms with Gasteiger partial charge < -0.3 is 29.6 Å². The second-order valence-electron chi connectivity index (χ2n) is 10.1. The van der Waals surface area contributed by atoms with Crippen LogP contribution in [0.1, 0.15) is 42.1 Å². The smallest absolute Gasteiger partial charge is 0.338 e. The second kappa shape index (κ2) is 16.5. The van der Waals surface area contributed by atoms with E-state index in [0.29, 0.717) is 35.8 Å². The van der Waals surface area contributed by atoms with E-state index in [1.807, 2.05) is 42.5 Å². The van der Waals surface area contributed by atoms with E-state index in [0.717, 1.165) is 26.0 Å². The van der Waals surface area contributed by atoms with Crippen molar-refractivity contribution in [1.29, 1.82) is 0 Å². The van der Waals surface area contributed by atoms with Crippen molar-refractivity contribution < 1.29 is 33.3 Å².